The van der Waals surface area contributed by atoms with Crippen LogP contribution in [0.15, 0.2) is 60.7 Å². The molecule has 1 fully saturated rings. The molecular formula is C24H19Cl4N3O2. The highest BCUT2D eigenvalue weighted by molar-refractivity contribution is 6.53. The number of nitrogens with one attached hydrogen (secondary N) is 2. The van der Waals surface area contributed by atoms with Gasteiger partial charge in [0, 0.05) is 38.6 Å². The Bertz CT molecular complexity index is 1240. The van der Waals surface area contributed by atoms with Crippen LogP contribution in [0, 0.1) is 12.8 Å². The van der Waals surface area contributed by atoms with Crippen LogP contribution in [-0.4, -0.2) is 16.1 Å². The third kappa shape index (κ3) is 5.07. The number of carbonyl (C=O) groups excluding carboxylic acids is 2. The van der Waals surface area contributed by atoms with Crippen LogP contribution in [0.5, 0.6) is 0 Å². The molecule has 0 heterocycles. The molecule has 0 unspecified atom stereocenters. The van der Waals surface area contributed by atoms with Crippen LogP contribution in [0.3, 0.4) is 0 Å². The molecule has 0 aliphatic heterocycles. The lowest BCUT2D eigenvalue weighted by molar-refractivity contribution is -0.117. The van der Waals surface area contributed by atoms with Crippen molar-refractivity contribution in [2.75, 3.05) is 16.4 Å². The second-order valence-electron chi connectivity index (χ2n) is 7.93. The summed E-state index contributed by atoms with van der Waals surface area (Å²) in [7, 11) is 0. The molecule has 2 amide bonds. The van der Waals surface area contributed by atoms with Gasteiger partial charge in [-0.15, -0.1) is 23.2 Å². The summed E-state index contributed by atoms with van der Waals surface area (Å²) in [6.07, 6.45) is 0. The van der Waals surface area contributed by atoms with Crippen LogP contribution in [0.1, 0.15) is 27.4 Å². The van der Waals surface area contributed by atoms with E-state index in [9.17, 15) is 9.59 Å². The number of aryl methyl sites for hydroxylation is 1. The van der Waals surface area contributed by atoms with Gasteiger partial charge in [-0.05, 0) is 72.6 Å². The summed E-state index contributed by atoms with van der Waals surface area (Å²) in [6.45, 7) is 1.85. The van der Waals surface area contributed by atoms with Crippen molar-refractivity contribution in [2.45, 2.75) is 17.2 Å². The number of hydrogen-bond acceptors (Lipinski definition) is 3. The maximum atomic E-state index is 12.9. The van der Waals surface area contributed by atoms with Crippen LogP contribution >= 0.6 is 46.4 Å². The Morgan fingerprint density at radius 1 is 0.939 bits per heavy atom. The van der Waals surface area contributed by atoms with Crippen LogP contribution in [0.4, 0.5) is 17.1 Å². The second-order valence-corrected chi connectivity index (χ2v) is 10.2. The quantitative estimate of drug-likeness (QED) is 0.258. The largest absolute Gasteiger partial charge is 0.399 e. The lowest BCUT2D eigenvalue weighted by atomic mass is 10.1. The molecule has 4 rings (SSSR count). The van der Waals surface area contributed by atoms with Gasteiger partial charge in [0.2, 0.25) is 5.91 Å². The third-order valence-corrected chi connectivity index (χ3v) is 6.85. The van der Waals surface area contributed by atoms with Gasteiger partial charge in [-0.25, -0.2) is 0 Å². The molecule has 2 atom stereocenters. The van der Waals surface area contributed by atoms with E-state index >= 15 is 0 Å². The van der Waals surface area contributed by atoms with Crippen molar-refractivity contribution in [3.05, 3.63) is 87.4 Å². The molecule has 0 spiro atoms. The van der Waals surface area contributed by atoms with Gasteiger partial charge >= 0.3 is 0 Å². The highest BCUT2D eigenvalue weighted by atomic mass is 35.5. The monoisotopic (exact) mass is 521 g/mol. The van der Waals surface area contributed by atoms with Crippen LogP contribution < -0.4 is 16.4 Å². The molecular weight excluding hydrogens is 504 g/mol. The number of rotatable bonds is 5. The zero-order valence-electron chi connectivity index (χ0n) is 17.3. The summed E-state index contributed by atoms with van der Waals surface area (Å²) in [5, 5.41) is 6.51. The fraction of sp³-hybridized carbons (Fsp3) is 0.167. The van der Waals surface area contributed by atoms with E-state index in [4.69, 9.17) is 52.1 Å². The van der Waals surface area contributed by atoms with Crippen molar-refractivity contribution in [3.8, 4) is 0 Å². The van der Waals surface area contributed by atoms with Gasteiger partial charge in [0.15, 0.2) is 0 Å². The zero-order chi connectivity index (χ0) is 23.9. The molecule has 0 saturated heterocycles. The smallest absolute Gasteiger partial charge is 0.255 e. The van der Waals surface area contributed by atoms with Gasteiger partial charge in [-0.1, -0.05) is 29.3 Å². The first-order valence-electron chi connectivity index (χ1n) is 9.98. The Morgan fingerprint density at radius 3 is 2.30 bits per heavy atom. The third-order valence-electron chi connectivity index (χ3n) is 5.47. The molecule has 0 bridgehead atoms. The molecule has 1 aliphatic carbocycles. The molecule has 1 saturated carbocycles. The first-order chi connectivity index (χ1) is 15.6. The van der Waals surface area contributed by atoms with E-state index in [0.29, 0.717) is 38.2 Å². The summed E-state index contributed by atoms with van der Waals surface area (Å²) in [5.74, 6) is -1.85. The summed E-state index contributed by atoms with van der Waals surface area (Å²) in [6, 6.07) is 16.8. The van der Waals surface area contributed by atoms with Crippen molar-refractivity contribution in [2.24, 2.45) is 5.92 Å². The second kappa shape index (κ2) is 9.07. The Morgan fingerprint density at radius 2 is 1.64 bits per heavy atom. The average Bonchev–Trinajstić information content (AvgIpc) is 3.31. The predicted molar refractivity (Wildman–Crippen MR) is 136 cm³/mol. The van der Waals surface area contributed by atoms with Crippen molar-refractivity contribution < 1.29 is 9.59 Å². The molecule has 33 heavy (non-hydrogen) atoms. The maximum absolute atomic E-state index is 12.9. The van der Waals surface area contributed by atoms with Crippen molar-refractivity contribution in [1.29, 1.82) is 0 Å². The van der Waals surface area contributed by atoms with Crippen molar-refractivity contribution >= 4 is 75.3 Å². The lowest BCUT2D eigenvalue weighted by Crippen LogP contribution is -2.18. The van der Waals surface area contributed by atoms with Gasteiger partial charge in [-0.3, -0.25) is 9.59 Å². The topological polar surface area (TPSA) is 84.2 Å². The summed E-state index contributed by atoms with van der Waals surface area (Å²) in [4.78, 5) is 25.7. The first kappa shape index (κ1) is 23.7. The van der Waals surface area contributed by atoms with Crippen LogP contribution in [0.25, 0.3) is 0 Å². The highest BCUT2D eigenvalue weighted by Gasteiger charge is 2.67. The van der Waals surface area contributed by atoms with E-state index in [2.05, 4.69) is 10.6 Å². The van der Waals surface area contributed by atoms with E-state index in [1.54, 1.807) is 60.7 Å². The van der Waals surface area contributed by atoms with Gasteiger partial charge < -0.3 is 16.4 Å². The molecule has 3 aromatic carbocycles. The normalized spacial score (nSPS) is 18.5. The standard InChI is InChI=1S/C24H19Cl4N3O2/c1-12-7-17(29)5-6-19(12)31-22(32)13-3-2-4-18(10-13)30-23(33)21-20(24(21,27)28)14-8-15(25)11-16(26)9-14/h2-11,20-21H,29H2,1H3,(H,30,33)(H,31,32)/t20-,21+/m0/s1. The van der Waals surface area contributed by atoms with E-state index in [-0.39, 0.29) is 11.8 Å². The van der Waals surface area contributed by atoms with Crippen LogP contribution in [-0.2, 0) is 4.79 Å². The van der Waals surface area contributed by atoms with Crippen LogP contribution in [0.2, 0.25) is 10.0 Å². The minimum Gasteiger partial charge on any atom is -0.399 e. The number of anilines is 3. The number of carbonyl (C=O) groups is 2. The number of nitrogens with two attached hydrogens (primary N) is 1. The fourth-order valence-corrected chi connectivity index (χ4v) is 5.17. The van der Waals surface area contributed by atoms with Crippen molar-refractivity contribution in [3.63, 3.8) is 0 Å². The number of nitrogen functional groups attached to an aromatic ring is 1. The van der Waals surface area contributed by atoms with E-state index < -0.39 is 16.2 Å². The number of benzene rings is 3. The molecule has 0 aromatic heterocycles. The lowest BCUT2D eigenvalue weighted by Gasteiger charge is -2.11. The average molecular weight is 523 g/mol. The summed E-state index contributed by atoms with van der Waals surface area (Å²) < 4.78 is -1.29. The summed E-state index contributed by atoms with van der Waals surface area (Å²) >= 11 is 25.0. The first-order valence-corrected chi connectivity index (χ1v) is 11.5. The van der Waals surface area contributed by atoms with Gasteiger partial charge in [0.05, 0.1) is 5.92 Å². The molecule has 9 heteroatoms. The SMILES string of the molecule is Cc1cc(N)ccc1NC(=O)c1cccc(NC(=O)[C@H]2[C@H](c3cc(Cl)cc(Cl)c3)C2(Cl)Cl)c1. The number of hydrogen-bond donors (Lipinski definition) is 3. The molecule has 3 aromatic rings. The zero-order valence-corrected chi connectivity index (χ0v) is 20.4. The maximum Gasteiger partial charge on any atom is 0.255 e. The predicted octanol–water partition coefficient (Wildman–Crippen LogP) is 6.66. The Kier molecular flexibility index (Phi) is 6.52. The van der Waals surface area contributed by atoms with E-state index in [1.165, 1.54) is 0 Å². The number of halogens is 4. The van der Waals surface area contributed by atoms with Crippen molar-refractivity contribution in [1.82, 2.24) is 0 Å². The van der Waals surface area contributed by atoms with Gasteiger partial charge in [-0.2, -0.15) is 0 Å². The molecule has 5 nitrogen and oxygen atoms in total. The van der Waals surface area contributed by atoms with Gasteiger partial charge in [0.1, 0.15) is 4.33 Å². The summed E-state index contributed by atoms with van der Waals surface area (Å²) in [5.41, 5.74) is 9.37. The minimum absolute atomic E-state index is 0.319. The fourth-order valence-electron chi connectivity index (χ4n) is 3.80. The molecule has 4 N–H and O–H groups in total. The Labute approximate surface area is 211 Å². The number of amides is 2. The Balaban J connectivity index is 1.48. The van der Waals surface area contributed by atoms with E-state index in [0.717, 1.165) is 5.56 Å². The number of alkyl halides is 2. The highest BCUT2D eigenvalue weighted by Crippen LogP contribution is 2.65. The Hall–Kier alpha value is -2.44. The van der Waals surface area contributed by atoms with E-state index in [1.807, 2.05) is 6.92 Å². The molecule has 170 valence electrons. The molecule has 1 aliphatic rings. The van der Waals surface area contributed by atoms with Gasteiger partial charge in [0.25, 0.3) is 5.91 Å². The minimum atomic E-state index is -1.29. The molecule has 0 radical (unpaired) electrons.